The molecule has 29 heavy (non-hydrogen) atoms. The van der Waals surface area contributed by atoms with Gasteiger partial charge in [-0.3, -0.25) is 9.36 Å². The van der Waals surface area contributed by atoms with Gasteiger partial charge in [0.2, 0.25) is 11.6 Å². The Morgan fingerprint density at radius 2 is 2.07 bits per heavy atom. The number of hydrogen-bond donors (Lipinski definition) is 4. The van der Waals surface area contributed by atoms with Gasteiger partial charge in [-0.1, -0.05) is 35.4 Å². The highest BCUT2D eigenvalue weighted by Crippen LogP contribution is 2.37. The number of benzene rings is 1. The molecule has 1 fully saturated rings. The van der Waals surface area contributed by atoms with Gasteiger partial charge in [0.15, 0.2) is 6.23 Å². The Hall–Kier alpha value is -3.28. The van der Waals surface area contributed by atoms with Gasteiger partial charge in [0.25, 0.3) is 0 Å². The Morgan fingerprint density at radius 3 is 2.69 bits per heavy atom. The Morgan fingerprint density at radius 1 is 1.34 bits per heavy atom. The van der Waals surface area contributed by atoms with E-state index in [-0.39, 0.29) is 18.1 Å². The van der Waals surface area contributed by atoms with Crippen LogP contribution in [0.15, 0.2) is 52.5 Å². The van der Waals surface area contributed by atoms with Crippen molar-refractivity contribution in [3.63, 3.8) is 0 Å². The summed E-state index contributed by atoms with van der Waals surface area (Å²) in [6.07, 6.45) is -3.63. The van der Waals surface area contributed by atoms with E-state index in [1.165, 1.54) is 12.3 Å². The Labute approximate surface area is 163 Å². The van der Waals surface area contributed by atoms with Crippen molar-refractivity contribution in [1.29, 1.82) is 0 Å². The number of nitrogens with one attached hydrogen (secondary N) is 1. The largest absolute Gasteiger partial charge is 0.393 e. The topological polar surface area (TPSA) is 183 Å². The minimum atomic E-state index is -2.14. The van der Waals surface area contributed by atoms with Crippen molar-refractivity contribution in [1.82, 2.24) is 9.55 Å². The molecule has 4 N–H and O–H groups in total. The van der Waals surface area contributed by atoms with E-state index in [2.05, 4.69) is 20.3 Å². The predicted molar refractivity (Wildman–Crippen MR) is 98.4 cm³/mol. The number of aliphatic hydroxyl groups is 3. The number of ether oxygens (including phenoxy) is 1. The lowest BCUT2D eigenvalue weighted by molar-refractivity contribution is -0.125. The molecule has 2 aromatic rings. The molecule has 1 aromatic carbocycles. The van der Waals surface area contributed by atoms with E-state index >= 15 is 0 Å². The third-order valence-corrected chi connectivity index (χ3v) is 4.42. The van der Waals surface area contributed by atoms with Gasteiger partial charge >= 0.3 is 5.69 Å². The monoisotopic (exact) mass is 402 g/mol. The van der Waals surface area contributed by atoms with Crippen molar-refractivity contribution in [2.24, 2.45) is 5.11 Å². The fraction of sp³-hybridized carbons (Fsp3) is 0.353. The van der Waals surface area contributed by atoms with E-state index in [4.69, 9.17) is 10.3 Å². The maximum Gasteiger partial charge on any atom is 0.351 e. The highest BCUT2D eigenvalue weighted by molar-refractivity contribution is 5.91. The predicted octanol–water partition coefficient (Wildman–Crippen LogP) is -0.326. The third kappa shape index (κ3) is 4.11. The molecule has 1 aromatic heterocycles. The molecule has 1 saturated heterocycles. The van der Waals surface area contributed by atoms with Gasteiger partial charge in [0.05, 0.1) is 13.0 Å². The first kappa shape index (κ1) is 20.5. The van der Waals surface area contributed by atoms with Crippen LogP contribution in [0.25, 0.3) is 10.4 Å². The van der Waals surface area contributed by atoms with E-state index in [0.717, 1.165) is 10.1 Å². The Bertz CT molecular complexity index is 991. The second-order valence-corrected chi connectivity index (χ2v) is 6.35. The fourth-order valence-corrected chi connectivity index (χ4v) is 2.96. The molecule has 0 aliphatic carbocycles. The summed E-state index contributed by atoms with van der Waals surface area (Å²) in [5, 5.41) is 35.4. The molecular weight excluding hydrogens is 384 g/mol. The van der Waals surface area contributed by atoms with Gasteiger partial charge in [-0.05, 0) is 17.2 Å². The van der Waals surface area contributed by atoms with Gasteiger partial charge in [-0.25, -0.2) is 4.79 Å². The van der Waals surface area contributed by atoms with Crippen molar-refractivity contribution in [2.45, 2.75) is 30.6 Å². The molecule has 2 heterocycles. The van der Waals surface area contributed by atoms with E-state index in [1.807, 2.05) is 6.07 Å². The minimum Gasteiger partial charge on any atom is -0.393 e. The number of amides is 1. The number of carbonyl (C=O) groups excluding carboxylic acids is 1. The molecule has 0 spiro atoms. The van der Waals surface area contributed by atoms with E-state index in [9.17, 15) is 24.9 Å². The van der Waals surface area contributed by atoms with E-state index < -0.39 is 36.5 Å². The van der Waals surface area contributed by atoms with E-state index in [0.29, 0.717) is 0 Å². The van der Waals surface area contributed by atoms with Crippen LogP contribution >= 0.6 is 0 Å². The molecule has 0 bridgehead atoms. The number of anilines is 1. The number of carbonyl (C=O) groups is 1. The maximum absolute atomic E-state index is 12.3. The lowest BCUT2D eigenvalue weighted by atomic mass is 10.1. The lowest BCUT2D eigenvalue weighted by Crippen LogP contribution is -2.44. The van der Waals surface area contributed by atoms with Crippen LogP contribution in [0.5, 0.6) is 0 Å². The number of aromatic nitrogens is 2. The van der Waals surface area contributed by atoms with Crippen molar-refractivity contribution < 1.29 is 24.9 Å². The number of hydrogen-bond acceptors (Lipinski definition) is 8. The standard InChI is InChI=1S/C17H18N6O6/c18-22-21-17(9-24)14(27)13(26)15(29-17)23-7-6-11(20-16(23)28)19-12(25)8-10-4-2-1-3-5-10/h1-7,13-15,24,26-27H,8-9H2,(H,19,20,25,28). The van der Waals surface area contributed by atoms with Crippen LogP contribution in [0.3, 0.4) is 0 Å². The molecule has 152 valence electrons. The summed E-state index contributed by atoms with van der Waals surface area (Å²) in [4.78, 5) is 30.6. The van der Waals surface area contributed by atoms with Crippen molar-refractivity contribution in [3.8, 4) is 0 Å². The quantitative estimate of drug-likeness (QED) is 0.290. The first-order valence-electron chi connectivity index (χ1n) is 8.54. The minimum absolute atomic E-state index is 0.0105. The number of rotatable bonds is 6. The molecule has 1 amide bonds. The molecular formula is C17H18N6O6. The molecule has 1 aliphatic heterocycles. The summed E-state index contributed by atoms with van der Waals surface area (Å²) in [5.41, 5.74) is 6.37. The summed E-state index contributed by atoms with van der Waals surface area (Å²) in [7, 11) is 0. The molecule has 1 aliphatic rings. The summed E-state index contributed by atoms with van der Waals surface area (Å²) < 4.78 is 6.15. The van der Waals surface area contributed by atoms with Crippen LogP contribution in [0, 0.1) is 0 Å². The fourth-order valence-electron chi connectivity index (χ4n) is 2.96. The Kier molecular flexibility index (Phi) is 5.92. The average Bonchev–Trinajstić information content (AvgIpc) is 2.95. The molecule has 4 atom stereocenters. The summed E-state index contributed by atoms with van der Waals surface area (Å²) in [5.74, 6) is -0.389. The summed E-state index contributed by atoms with van der Waals surface area (Å²) in [6, 6.07) is 10.3. The maximum atomic E-state index is 12.3. The number of nitrogens with zero attached hydrogens (tertiary/aromatic N) is 5. The zero-order valence-corrected chi connectivity index (χ0v) is 15.0. The molecule has 12 nitrogen and oxygen atoms in total. The molecule has 3 rings (SSSR count). The van der Waals surface area contributed by atoms with Crippen LogP contribution in [0.4, 0.5) is 5.82 Å². The van der Waals surface area contributed by atoms with Crippen LogP contribution in [0.2, 0.25) is 0 Å². The lowest BCUT2D eigenvalue weighted by Gasteiger charge is -2.23. The summed E-state index contributed by atoms with van der Waals surface area (Å²) in [6.45, 7) is -0.915. The number of azide groups is 1. The zero-order valence-electron chi connectivity index (χ0n) is 15.0. The smallest absolute Gasteiger partial charge is 0.351 e. The van der Waals surface area contributed by atoms with Gasteiger partial charge in [-0.2, -0.15) is 4.98 Å². The van der Waals surface area contributed by atoms with Crippen LogP contribution < -0.4 is 11.0 Å². The normalized spacial score (nSPS) is 26.0. The zero-order chi connectivity index (χ0) is 21.0. The molecule has 0 radical (unpaired) electrons. The van der Waals surface area contributed by atoms with Gasteiger partial charge < -0.3 is 25.4 Å². The highest BCUT2D eigenvalue weighted by Gasteiger charge is 2.54. The first-order valence-corrected chi connectivity index (χ1v) is 8.54. The SMILES string of the molecule is [N-]=[N+]=NC1(CO)OC(n2ccc(NC(=O)Cc3ccccc3)nc2=O)C(O)C1O. The highest BCUT2D eigenvalue weighted by atomic mass is 16.6. The second kappa shape index (κ2) is 8.39. The van der Waals surface area contributed by atoms with Crippen molar-refractivity contribution >= 4 is 11.7 Å². The average molecular weight is 402 g/mol. The van der Waals surface area contributed by atoms with Crippen LogP contribution in [0.1, 0.15) is 11.8 Å². The molecule has 4 unspecified atom stereocenters. The van der Waals surface area contributed by atoms with Crippen molar-refractivity contribution in [2.75, 3.05) is 11.9 Å². The third-order valence-electron chi connectivity index (χ3n) is 4.42. The second-order valence-electron chi connectivity index (χ2n) is 6.35. The molecule has 0 saturated carbocycles. The molecule has 12 heteroatoms. The van der Waals surface area contributed by atoms with Crippen LogP contribution in [-0.4, -0.2) is 55.3 Å². The van der Waals surface area contributed by atoms with E-state index in [1.54, 1.807) is 24.3 Å². The Balaban J connectivity index is 1.77. The first-order chi connectivity index (χ1) is 13.9. The van der Waals surface area contributed by atoms with Crippen molar-refractivity contribution in [3.05, 3.63) is 69.1 Å². The van der Waals surface area contributed by atoms with Gasteiger partial charge in [0.1, 0.15) is 18.0 Å². The number of aliphatic hydroxyl groups excluding tert-OH is 3. The van der Waals surface area contributed by atoms with Gasteiger partial charge in [0, 0.05) is 11.1 Å². The summed E-state index contributed by atoms with van der Waals surface area (Å²) >= 11 is 0. The van der Waals surface area contributed by atoms with Gasteiger partial charge in [-0.15, -0.1) is 0 Å². The van der Waals surface area contributed by atoms with Crippen LogP contribution in [-0.2, 0) is 16.0 Å².